The predicted octanol–water partition coefficient (Wildman–Crippen LogP) is 4.09. The number of ether oxygens (including phenoxy) is 1. The molecule has 1 saturated heterocycles. The van der Waals surface area contributed by atoms with Gasteiger partial charge in [0, 0.05) is 38.1 Å². The molecule has 0 radical (unpaired) electrons. The molecule has 1 amide bonds. The van der Waals surface area contributed by atoms with E-state index in [1.807, 2.05) is 59.5 Å². The molecule has 30 heavy (non-hydrogen) atoms. The van der Waals surface area contributed by atoms with Crippen LogP contribution in [0.3, 0.4) is 0 Å². The summed E-state index contributed by atoms with van der Waals surface area (Å²) >= 11 is 0. The van der Waals surface area contributed by atoms with Crippen molar-refractivity contribution in [3.8, 4) is 11.1 Å². The Balaban J connectivity index is 0.00000320. The van der Waals surface area contributed by atoms with Crippen molar-refractivity contribution < 1.29 is 14.3 Å². The van der Waals surface area contributed by atoms with Crippen LogP contribution in [0.25, 0.3) is 11.1 Å². The number of likely N-dealkylation sites (tertiary alicyclic amines) is 1. The maximum Gasteiger partial charge on any atom is 0.223 e. The van der Waals surface area contributed by atoms with Gasteiger partial charge >= 0.3 is 0 Å². The maximum atomic E-state index is 12.5. The minimum absolute atomic E-state index is 0. The largest absolute Gasteiger partial charge is 0.378 e. The summed E-state index contributed by atoms with van der Waals surface area (Å²) in [6, 6.07) is 17.7. The summed E-state index contributed by atoms with van der Waals surface area (Å²) in [6.07, 6.45) is 3.30. The second-order valence-electron chi connectivity index (χ2n) is 7.46. The zero-order valence-electron chi connectivity index (χ0n) is 17.3. The van der Waals surface area contributed by atoms with Crippen molar-refractivity contribution in [3.63, 3.8) is 0 Å². The first-order valence-corrected chi connectivity index (χ1v) is 10.5. The Hall–Kier alpha value is -2.21. The van der Waals surface area contributed by atoms with E-state index in [-0.39, 0.29) is 43.0 Å². The summed E-state index contributed by atoms with van der Waals surface area (Å²) in [5, 5.41) is 0. The normalized spacial score (nSPS) is 14.2. The summed E-state index contributed by atoms with van der Waals surface area (Å²) in [6.45, 7) is 2.73. The second kappa shape index (κ2) is 12.5. The zero-order valence-corrected chi connectivity index (χ0v) is 18.1. The molecule has 3 rings (SSSR count). The van der Waals surface area contributed by atoms with Gasteiger partial charge in [-0.05, 0) is 36.9 Å². The molecule has 0 bridgehead atoms. The van der Waals surface area contributed by atoms with E-state index in [4.69, 9.17) is 10.5 Å². The number of benzene rings is 2. The zero-order chi connectivity index (χ0) is 20.5. The van der Waals surface area contributed by atoms with E-state index in [1.165, 1.54) is 0 Å². The Morgan fingerprint density at radius 2 is 1.57 bits per heavy atom. The molecule has 1 fully saturated rings. The third-order valence-electron chi connectivity index (χ3n) is 5.38. The highest BCUT2D eigenvalue weighted by molar-refractivity contribution is 5.98. The van der Waals surface area contributed by atoms with Crippen LogP contribution >= 0.6 is 12.4 Å². The first-order valence-electron chi connectivity index (χ1n) is 10.5. The number of nitrogens with zero attached hydrogens (tertiary/aromatic N) is 1. The molecule has 2 aromatic rings. The summed E-state index contributed by atoms with van der Waals surface area (Å²) in [7, 11) is 0. The molecule has 5 nitrogen and oxygen atoms in total. The number of Topliss-reactive ketones (excluding diaryl/α,β-unsaturated/α-hetero) is 1. The summed E-state index contributed by atoms with van der Waals surface area (Å²) in [5.41, 5.74) is 8.34. The third-order valence-corrected chi connectivity index (χ3v) is 5.38. The molecular weight excluding hydrogens is 400 g/mol. The lowest BCUT2D eigenvalue weighted by Crippen LogP contribution is -2.41. The molecule has 0 aromatic heterocycles. The van der Waals surface area contributed by atoms with Crippen LogP contribution in [0.15, 0.2) is 54.6 Å². The fourth-order valence-corrected chi connectivity index (χ4v) is 3.61. The molecule has 1 heterocycles. The van der Waals surface area contributed by atoms with E-state index in [2.05, 4.69) is 0 Å². The van der Waals surface area contributed by atoms with Crippen molar-refractivity contribution in [2.45, 2.75) is 38.2 Å². The Kier molecular flexibility index (Phi) is 10.0. The number of hydrogen-bond donors (Lipinski definition) is 1. The van der Waals surface area contributed by atoms with E-state index in [9.17, 15) is 9.59 Å². The van der Waals surface area contributed by atoms with Gasteiger partial charge in [-0.25, -0.2) is 0 Å². The van der Waals surface area contributed by atoms with Crippen LogP contribution in [0.4, 0.5) is 0 Å². The molecule has 2 aromatic carbocycles. The molecule has 0 aliphatic carbocycles. The molecule has 0 unspecified atom stereocenters. The molecule has 6 heteroatoms. The monoisotopic (exact) mass is 430 g/mol. The number of piperidine rings is 1. The molecule has 0 spiro atoms. The van der Waals surface area contributed by atoms with E-state index < -0.39 is 0 Å². The lowest BCUT2D eigenvalue weighted by Gasteiger charge is -2.32. The van der Waals surface area contributed by atoms with E-state index in [0.29, 0.717) is 31.8 Å². The van der Waals surface area contributed by atoms with Crippen molar-refractivity contribution in [1.29, 1.82) is 0 Å². The van der Waals surface area contributed by atoms with Crippen molar-refractivity contribution in [2.75, 3.05) is 26.2 Å². The molecule has 162 valence electrons. The number of hydrogen-bond acceptors (Lipinski definition) is 4. The Morgan fingerprint density at radius 3 is 2.20 bits per heavy atom. The fourth-order valence-electron chi connectivity index (χ4n) is 3.61. The van der Waals surface area contributed by atoms with Crippen LogP contribution in [0, 0.1) is 0 Å². The maximum absolute atomic E-state index is 12.5. The van der Waals surface area contributed by atoms with Gasteiger partial charge in [0.05, 0.1) is 6.10 Å². The average molecular weight is 431 g/mol. The quantitative estimate of drug-likeness (QED) is 0.480. The van der Waals surface area contributed by atoms with Gasteiger partial charge in [0.15, 0.2) is 5.78 Å². The van der Waals surface area contributed by atoms with Gasteiger partial charge in [0.2, 0.25) is 5.91 Å². The fraction of sp³-hybridized carbons (Fsp3) is 0.417. The van der Waals surface area contributed by atoms with Crippen molar-refractivity contribution in [3.05, 3.63) is 60.2 Å². The SMILES string of the molecule is Cl.NCCCOC1CCN(C(=O)CCC(=O)c2ccc(-c3ccccc3)cc2)CC1. The van der Waals surface area contributed by atoms with Crippen LogP contribution in [0.2, 0.25) is 0 Å². The number of rotatable bonds is 9. The highest BCUT2D eigenvalue weighted by atomic mass is 35.5. The van der Waals surface area contributed by atoms with E-state index >= 15 is 0 Å². The third kappa shape index (κ3) is 6.94. The van der Waals surface area contributed by atoms with Gasteiger partial charge < -0.3 is 15.4 Å². The second-order valence-corrected chi connectivity index (χ2v) is 7.46. The Bertz CT molecular complexity index is 788. The highest BCUT2D eigenvalue weighted by Gasteiger charge is 2.23. The van der Waals surface area contributed by atoms with Gasteiger partial charge in [-0.3, -0.25) is 9.59 Å². The van der Waals surface area contributed by atoms with E-state index in [0.717, 1.165) is 30.4 Å². The smallest absolute Gasteiger partial charge is 0.223 e. The average Bonchev–Trinajstić information content (AvgIpc) is 2.78. The van der Waals surface area contributed by atoms with Gasteiger partial charge in [-0.2, -0.15) is 0 Å². The van der Waals surface area contributed by atoms with Crippen molar-refractivity contribution >= 4 is 24.1 Å². The Morgan fingerprint density at radius 1 is 0.933 bits per heavy atom. The number of halogens is 1. The van der Waals surface area contributed by atoms with Gasteiger partial charge in [-0.1, -0.05) is 54.6 Å². The highest BCUT2D eigenvalue weighted by Crippen LogP contribution is 2.20. The summed E-state index contributed by atoms with van der Waals surface area (Å²) in [5.74, 6) is 0.0672. The summed E-state index contributed by atoms with van der Waals surface area (Å²) < 4.78 is 5.78. The molecule has 1 aliphatic heterocycles. The molecule has 2 N–H and O–H groups in total. The van der Waals surface area contributed by atoms with Crippen molar-refractivity contribution in [1.82, 2.24) is 4.90 Å². The minimum Gasteiger partial charge on any atom is -0.378 e. The van der Waals surface area contributed by atoms with Gasteiger partial charge in [0.1, 0.15) is 0 Å². The van der Waals surface area contributed by atoms with Crippen LogP contribution in [0.5, 0.6) is 0 Å². The number of ketones is 1. The van der Waals surface area contributed by atoms with Crippen LogP contribution in [0.1, 0.15) is 42.5 Å². The van der Waals surface area contributed by atoms with Crippen molar-refractivity contribution in [2.24, 2.45) is 5.73 Å². The van der Waals surface area contributed by atoms with E-state index in [1.54, 1.807) is 0 Å². The number of amides is 1. The number of carbonyl (C=O) groups excluding carboxylic acids is 2. The number of carbonyl (C=O) groups is 2. The predicted molar refractivity (Wildman–Crippen MR) is 122 cm³/mol. The first-order chi connectivity index (χ1) is 14.2. The lowest BCUT2D eigenvalue weighted by molar-refractivity contribution is -0.133. The lowest BCUT2D eigenvalue weighted by atomic mass is 10.0. The molecule has 0 saturated carbocycles. The molecular formula is C24H31ClN2O3. The van der Waals surface area contributed by atoms with Gasteiger partial charge in [0.25, 0.3) is 0 Å². The topological polar surface area (TPSA) is 72.6 Å². The minimum atomic E-state index is 0. The summed E-state index contributed by atoms with van der Waals surface area (Å²) in [4.78, 5) is 26.8. The Labute approximate surface area is 185 Å². The van der Waals surface area contributed by atoms with Gasteiger partial charge in [-0.15, -0.1) is 12.4 Å². The molecule has 1 aliphatic rings. The standard InChI is InChI=1S/C24H30N2O3.ClH/c25-15-4-18-29-22-13-16-26(17-14-22)24(28)12-11-23(27)21-9-7-20(8-10-21)19-5-2-1-3-6-19;/h1-3,5-10,22H,4,11-18,25H2;1H. The van der Waals surface area contributed by atoms with Crippen LogP contribution in [-0.2, 0) is 9.53 Å². The van der Waals surface area contributed by atoms with Crippen LogP contribution < -0.4 is 5.73 Å². The van der Waals surface area contributed by atoms with Crippen LogP contribution in [-0.4, -0.2) is 48.9 Å². The molecule has 0 atom stereocenters. The number of nitrogens with two attached hydrogens (primary N) is 1. The first kappa shape index (κ1) is 24.1.